The number of aromatic carboxylic acids is 1. The summed E-state index contributed by atoms with van der Waals surface area (Å²) in [5.74, 6) is -0.928. The number of carbonyl (C=O) groups is 1. The van der Waals surface area contributed by atoms with Gasteiger partial charge in [-0.3, -0.25) is 0 Å². The number of rotatable bonds is 3. The molecule has 0 aliphatic heterocycles. The minimum absolute atomic E-state index is 0.000486. The molecule has 3 heteroatoms. The summed E-state index contributed by atoms with van der Waals surface area (Å²) in [6.07, 6.45) is 0. The van der Waals surface area contributed by atoms with Crippen molar-refractivity contribution in [3.8, 4) is 11.1 Å². The molecule has 3 nitrogen and oxygen atoms in total. The van der Waals surface area contributed by atoms with Crippen molar-refractivity contribution in [2.75, 3.05) is 0 Å². The van der Waals surface area contributed by atoms with Gasteiger partial charge in [0.2, 0.25) is 0 Å². The van der Waals surface area contributed by atoms with E-state index in [2.05, 4.69) is 0 Å². The lowest BCUT2D eigenvalue weighted by molar-refractivity contribution is 0.0697. The number of carboxylic acids is 1. The Morgan fingerprint density at radius 1 is 1.11 bits per heavy atom. The summed E-state index contributed by atoms with van der Waals surface area (Å²) in [4.78, 5) is 10.8. The van der Waals surface area contributed by atoms with Crippen LogP contribution in [0.3, 0.4) is 0 Å². The Kier molecular flexibility index (Phi) is 3.44. The fourth-order valence-corrected chi connectivity index (χ4v) is 1.87. The zero-order valence-corrected chi connectivity index (χ0v) is 10.1. The number of benzene rings is 2. The average molecular weight is 242 g/mol. The van der Waals surface area contributed by atoms with Gasteiger partial charge in [0.15, 0.2) is 0 Å². The summed E-state index contributed by atoms with van der Waals surface area (Å²) in [7, 11) is 0. The Morgan fingerprint density at radius 3 is 2.33 bits per heavy atom. The van der Waals surface area contributed by atoms with Gasteiger partial charge < -0.3 is 10.2 Å². The van der Waals surface area contributed by atoms with Crippen molar-refractivity contribution in [3.63, 3.8) is 0 Å². The first-order chi connectivity index (χ1) is 8.61. The lowest BCUT2D eigenvalue weighted by Gasteiger charge is -2.08. The highest BCUT2D eigenvalue weighted by Gasteiger charge is 2.06. The van der Waals surface area contributed by atoms with Crippen molar-refractivity contribution in [2.45, 2.75) is 13.5 Å². The van der Waals surface area contributed by atoms with E-state index in [4.69, 9.17) is 10.2 Å². The third-order valence-corrected chi connectivity index (χ3v) is 2.93. The van der Waals surface area contributed by atoms with Gasteiger partial charge in [0.05, 0.1) is 12.2 Å². The molecule has 0 heterocycles. The van der Waals surface area contributed by atoms with Crippen molar-refractivity contribution < 1.29 is 15.0 Å². The van der Waals surface area contributed by atoms with Crippen LogP contribution in [-0.2, 0) is 6.61 Å². The molecule has 0 aromatic heterocycles. The number of hydrogen-bond acceptors (Lipinski definition) is 2. The number of carboxylic acid groups (broad SMARTS) is 1. The topological polar surface area (TPSA) is 57.5 Å². The molecule has 0 amide bonds. The second-order valence-corrected chi connectivity index (χ2v) is 4.19. The van der Waals surface area contributed by atoms with Gasteiger partial charge in [-0.25, -0.2) is 4.79 Å². The fourth-order valence-electron chi connectivity index (χ4n) is 1.87. The molecular formula is C15H14O3. The zero-order valence-electron chi connectivity index (χ0n) is 10.1. The predicted octanol–water partition coefficient (Wildman–Crippen LogP) is 2.85. The molecule has 0 radical (unpaired) electrons. The van der Waals surface area contributed by atoms with Crippen LogP contribution in [0.4, 0.5) is 0 Å². The molecule has 0 aliphatic carbocycles. The van der Waals surface area contributed by atoms with Crippen LogP contribution in [0.1, 0.15) is 21.5 Å². The molecule has 2 rings (SSSR count). The lowest BCUT2D eigenvalue weighted by Crippen LogP contribution is -1.95. The molecule has 0 saturated heterocycles. The third kappa shape index (κ3) is 2.41. The smallest absolute Gasteiger partial charge is 0.335 e. The highest BCUT2D eigenvalue weighted by molar-refractivity contribution is 5.88. The standard InChI is InChI=1S/C15H14O3/c1-10-2-3-11(9-16)8-14(10)12-4-6-13(7-5-12)15(17)18/h2-8,16H,9H2,1H3,(H,17,18). The monoisotopic (exact) mass is 242 g/mol. The number of aryl methyl sites for hydroxylation is 1. The Morgan fingerprint density at radius 2 is 1.78 bits per heavy atom. The maximum Gasteiger partial charge on any atom is 0.335 e. The van der Waals surface area contributed by atoms with Crippen LogP contribution in [-0.4, -0.2) is 16.2 Å². The lowest BCUT2D eigenvalue weighted by atomic mass is 9.97. The summed E-state index contributed by atoms with van der Waals surface area (Å²) in [6, 6.07) is 12.5. The normalized spacial score (nSPS) is 10.3. The number of hydrogen-bond donors (Lipinski definition) is 2. The van der Waals surface area contributed by atoms with Crippen LogP contribution in [0.15, 0.2) is 42.5 Å². The molecule has 0 unspecified atom stereocenters. The van der Waals surface area contributed by atoms with Crippen molar-refractivity contribution in [1.29, 1.82) is 0 Å². The zero-order chi connectivity index (χ0) is 13.1. The summed E-state index contributed by atoms with van der Waals surface area (Å²) in [5.41, 5.74) is 4.18. The SMILES string of the molecule is Cc1ccc(CO)cc1-c1ccc(C(=O)O)cc1. The first kappa shape index (κ1) is 12.3. The van der Waals surface area contributed by atoms with E-state index >= 15 is 0 Å². The quantitative estimate of drug-likeness (QED) is 0.870. The van der Waals surface area contributed by atoms with E-state index in [1.807, 2.05) is 25.1 Å². The molecule has 0 saturated carbocycles. The third-order valence-electron chi connectivity index (χ3n) is 2.93. The largest absolute Gasteiger partial charge is 0.478 e. The fraction of sp³-hybridized carbons (Fsp3) is 0.133. The van der Waals surface area contributed by atoms with Gasteiger partial charge in [-0.2, -0.15) is 0 Å². The van der Waals surface area contributed by atoms with Gasteiger partial charge in [-0.05, 0) is 47.4 Å². The molecule has 92 valence electrons. The van der Waals surface area contributed by atoms with E-state index < -0.39 is 5.97 Å². The first-order valence-corrected chi connectivity index (χ1v) is 5.66. The Bertz CT molecular complexity index is 571. The van der Waals surface area contributed by atoms with Crippen LogP contribution in [0, 0.1) is 6.92 Å². The second-order valence-electron chi connectivity index (χ2n) is 4.19. The Labute approximate surface area is 105 Å². The van der Waals surface area contributed by atoms with Gasteiger partial charge in [0, 0.05) is 0 Å². The minimum Gasteiger partial charge on any atom is -0.478 e. The van der Waals surface area contributed by atoms with Gasteiger partial charge >= 0.3 is 5.97 Å². The van der Waals surface area contributed by atoms with E-state index in [1.165, 1.54) is 0 Å². The molecular weight excluding hydrogens is 228 g/mol. The summed E-state index contributed by atoms with van der Waals surface area (Å²) in [5, 5.41) is 18.0. The summed E-state index contributed by atoms with van der Waals surface area (Å²) < 4.78 is 0. The van der Waals surface area contributed by atoms with Crippen LogP contribution >= 0.6 is 0 Å². The van der Waals surface area contributed by atoms with E-state index in [0.29, 0.717) is 0 Å². The van der Waals surface area contributed by atoms with Crippen LogP contribution in [0.5, 0.6) is 0 Å². The molecule has 18 heavy (non-hydrogen) atoms. The van der Waals surface area contributed by atoms with Gasteiger partial charge in [0.25, 0.3) is 0 Å². The molecule has 0 spiro atoms. The number of aliphatic hydroxyl groups is 1. The maximum absolute atomic E-state index is 10.8. The van der Waals surface area contributed by atoms with Gasteiger partial charge in [-0.1, -0.05) is 24.3 Å². The predicted molar refractivity (Wildman–Crippen MR) is 69.5 cm³/mol. The highest BCUT2D eigenvalue weighted by Crippen LogP contribution is 2.25. The Hall–Kier alpha value is -2.13. The van der Waals surface area contributed by atoms with Crippen molar-refractivity contribution in [1.82, 2.24) is 0 Å². The highest BCUT2D eigenvalue weighted by atomic mass is 16.4. The van der Waals surface area contributed by atoms with E-state index in [-0.39, 0.29) is 12.2 Å². The molecule has 2 aromatic carbocycles. The van der Waals surface area contributed by atoms with Gasteiger partial charge in [0.1, 0.15) is 0 Å². The molecule has 0 atom stereocenters. The maximum atomic E-state index is 10.8. The van der Waals surface area contributed by atoms with E-state index in [9.17, 15) is 4.79 Å². The van der Waals surface area contributed by atoms with Crippen molar-refractivity contribution in [3.05, 3.63) is 59.2 Å². The summed E-state index contributed by atoms with van der Waals surface area (Å²) in [6.45, 7) is 1.99. The Balaban J connectivity index is 2.44. The van der Waals surface area contributed by atoms with E-state index in [0.717, 1.165) is 22.3 Å². The molecule has 2 N–H and O–H groups in total. The average Bonchev–Trinajstić information content (AvgIpc) is 2.39. The minimum atomic E-state index is -0.928. The summed E-state index contributed by atoms with van der Waals surface area (Å²) >= 11 is 0. The van der Waals surface area contributed by atoms with Crippen LogP contribution in [0.25, 0.3) is 11.1 Å². The van der Waals surface area contributed by atoms with Gasteiger partial charge in [-0.15, -0.1) is 0 Å². The van der Waals surface area contributed by atoms with Crippen molar-refractivity contribution >= 4 is 5.97 Å². The van der Waals surface area contributed by atoms with E-state index in [1.54, 1.807) is 24.3 Å². The van der Waals surface area contributed by atoms with Crippen LogP contribution < -0.4 is 0 Å². The molecule has 0 aliphatic rings. The molecule has 0 bridgehead atoms. The van der Waals surface area contributed by atoms with Crippen molar-refractivity contribution in [2.24, 2.45) is 0 Å². The molecule has 0 fully saturated rings. The first-order valence-electron chi connectivity index (χ1n) is 5.66. The second kappa shape index (κ2) is 5.02. The van der Waals surface area contributed by atoms with Crippen LogP contribution in [0.2, 0.25) is 0 Å². The number of aliphatic hydroxyl groups excluding tert-OH is 1. The molecule has 2 aromatic rings.